The number of benzene rings is 11. The molecule has 0 bridgehead atoms. The summed E-state index contributed by atoms with van der Waals surface area (Å²) in [7, 11) is 0. The molecule has 12 aromatic rings. The van der Waals surface area contributed by atoms with Crippen LogP contribution in [0.15, 0.2) is 255 Å². The normalized spacial score (nSPS) is 13.7. The first-order valence-corrected chi connectivity index (χ1v) is 24.4. The monoisotopic (exact) mass is 883 g/mol. The summed E-state index contributed by atoms with van der Waals surface area (Å²) in [5.74, 6) is 0.299. The number of allylic oxidation sites excluding steroid dienone is 4. The van der Waals surface area contributed by atoms with Gasteiger partial charge in [0.25, 0.3) is 0 Å². The molecule has 1 aliphatic carbocycles. The fourth-order valence-corrected chi connectivity index (χ4v) is 12.0. The Bertz CT molecular complexity index is 3940. The quantitative estimate of drug-likeness (QED) is 0.137. The van der Waals surface area contributed by atoms with Crippen LogP contribution in [0.1, 0.15) is 23.5 Å². The molecule has 0 N–H and O–H groups in total. The van der Waals surface area contributed by atoms with Crippen LogP contribution in [0.3, 0.4) is 0 Å². The minimum Gasteiger partial charge on any atom is -0.310 e. The number of fused-ring (bicyclic) bond motifs is 7. The van der Waals surface area contributed by atoms with Crippen LogP contribution < -0.4 is 4.90 Å². The van der Waals surface area contributed by atoms with E-state index in [1.807, 2.05) is 11.3 Å². The van der Waals surface area contributed by atoms with Crippen LogP contribution in [-0.4, -0.2) is 0 Å². The van der Waals surface area contributed by atoms with Crippen molar-refractivity contribution in [2.45, 2.75) is 12.3 Å². The van der Waals surface area contributed by atoms with Gasteiger partial charge in [0, 0.05) is 43.0 Å². The third kappa shape index (κ3) is 7.01. The fourth-order valence-electron chi connectivity index (χ4n) is 10.7. The van der Waals surface area contributed by atoms with Gasteiger partial charge >= 0.3 is 0 Å². The summed E-state index contributed by atoms with van der Waals surface area (Å²) in [6, 6.07) is 87.4. The van der Waals surface area contributed by atoms with Crippen molar-refractivity contribution in [2.75, 3.05) is 4.90 Å². The van der Waals surface area contributed by atoms with Gasteiger partial charge in [0.1, 0.15) is 0 Å². The molecule has 1 heterocycles. The molecule has 1 nitrogen and oxygen atoms in total. The molecule has 0 saturated heterocycles. The first-order chi connectivity index (χ1) is 33.7. The maximum atomic E-state index is 2.48. The van der Waals surface area contributed by atoms with Gasteiger partial charge in [-0.15, -0.1) is 11.3 Å². The zero-order chi connectivity index (χ0) is 45.0. The molecule has 320 valence electrons. The molecule has 68 heavy (non-hydrogen) atoms. The Labute approximate surface area is 400 Å². The first-order valence-electron chi connectivity index (χ1n) is 23.6. The molecular formula is C66H45NS. The van der Waals surface area contributed by atoms with E-state index in [2.05, 4.69) is 260 Å². The van der Waals surface area contributed by atoms with Crippen LogP contribution in [0.2, 0.25) is 0 Å². The first kappa shape index (κ1) is 40.0. The lowest BCUT2D eigenvalue weighted by Gasteiger charge is -2.29. The largest absolute Gasteiger partial charge is 0.310 e. The maximum Gasteiger partial charge on any atom is 0.0546 e. The summed E-state index contributed by atoms with van der Waals surface area (Å²) in [6.45, 7) is 0. The van der Waals surface area contributed by atoms with Gasteiger partial charge in [0.05, 0.1) is 5.69 Å². The summed E-state index contributed by atoms with van der Waals surface area (Å²) in [6.07, 6.45) is 8.10. The van der Waals surface area contributed by atoms with Gasteiger partial charge in [-0.3, -0.25) is 0 Å². The van der Waals surface area contributed by atoms with E-state index in [0.717, 1.165) is 29.0 Å². The molecule has 1 aliphatic rings. The SMILES string of the molecule is C1=CC(c2ccc(N(c3cccc(-c4cccc5c4sc4ccccc45)c3)c3cc(-c4cc5ccccc5c5ccccc45)ccc3-c3ccccc3)cc2)=CC(c2cccc3ccccc23)C1. The van der Waals surface area contributed by atoms with Gasteiger partial charge < -0.3 is 4.90 Å². The van der Waals surface area contributed by atoms with Crippen LogP contribution in [-0.2, 0) is 0 Å². The minimum atomic E-state index is 0.299. The Kier molecular flexibility index (Phi) is 9.91. The van der Waals surface area contributed by atoms with E-state index >= 15 is 0 Å². The second-order valence-electron chi connectivity index (χ2n) is 17.9. The molecule has 1 unspecified atom stereocenters. The highest BCUT2D eigenvalue weighted by molar-refractivity contribution is 7.26. The zero-order valence-electron chi connectivity index (χ0n) is 37.4. The van der Waals surface area contributed by atoms with Crippen molar-refractivity contribution in [1.82, 2.24) is 0 Å². The second kappa shape index (κ2) is 16.8. The Hall–Kier alpha value is -8.30. The van der Waals surface area contributed by atoms with Crippen molar-refractivity contribution in [3.63, 3.8) is 0 Å². The van der Waals surface area contributed by atoms with E-state index in [-0.39, 0.29) is 0 Å². The molecule has 0 amide bonds. The zero-order valence-corrected chi connectivity index (χ0v) is 38.2. The van der Waals surface area contributed by atoms with E-state index < -0.39 is 0 Å². The minimum absolute atomic E-state index is 0.299. The third-order valence-electron chi connectivity index (χ3n) is 14.0. The van der Waals surface area contributed by atoms with Gasteiger partial charge in [-0.2, -0.15) is 0 Å². The lowest BCUT2D eigenvalue weighted by atomic mass is 9.85. The van der Waals surface area contributed by atoms with Gasteiger partial charge in [-0.05, 0) is 126 Å². The summed E-state index contributed by atoms with van der Waals surface area (Å²) >= 11 is 1.88. The highest BCUT2D eigenvalue weighted by Gasteiger charge is 2.22. The summed E-state index contributed by atoms with van der Waals surface area (Å²) in [4.78, 5) is 2.48. The van der Waals surface area contributed by atoms with Crippen molar-refractivity contribution < 1.29 is 0 Å². The molecule has 11 aromatic carbocycles. The molecule has 0 radical (unpaired) electrons. The maximum absolute atomic E-state index is 2.48. The summed E-state index contributed by atoms with van der Waals surface area (Å²) < 4.78 is 2.62. The van der Waals surface area contributed by atoms with Gasteiger partial charge in [0.2, 0.25) is 0 Å². The van der Waals surface area contributed by atoms with Crippen LogP contribution in [0.5, 0.6) is 0 Å². The number of anilines is 3. The number of nitrogens with zero attached hydrogens (tertiary/aromatic N) is 1. The predicted octanol–water partition coefficient (Wildman–Crippen LogP) is 19.1. The number of hydrogen-bond acceptors (Lipinski definition) is 2. The Balaban J connectivity index is 1.00. The van der Waals surface area contributed by atoms with Gasteiger partial charge in [-0.25, -0.2) is 0 Å². The van der Waals surface area contributed by atoms with Crippen LogP contribution >= 0.6 is 11.3 Å². The van der Waals surface area contributed by atoms with E-state index in [0.29, 0.717) is 5.92 Å². The van der Waals surface area contributed by atoms with Gasteiger partial charge in [-0.1, -0.05) is 212 Å². The number of rotatable bonds is 8. The molecular weight excluding hydrogens is 839 g/mol. The fraction of sp³-hybridized carbons (Fsp3) is 0.0303. The Morgan fingerprint density at radius 1 is 0.382 bits per heavy atom. The van der Waals surface area contributed by atoms with Crippen LogP contribution in [0.25, 0.3) is 91.4 Å². The van der Waals surface area contributed by atoms with Crippen molar-refractivity contribution in [2.24, 2.45) is 0 Å². The van der Waals surface area contributed by atoms with E-state index in [9.17, 15) is 0 Å². The molecule has 0 saturated carbocycles. The van der Waals surface area contributed by atoms with E-state index in [1.165, 1.54) is 97.0 Å². The van der Waals surface area contributed by atoms with E-state index in [1.54, 1.807) is 0 Å². The van der Waals surface area contributed by atoms with Crippen molar-refractivity contribution >= 4 is 86.5 Å². The second-order valence-corrected chi connectivity index (χ2v) is 19.0. The molecule has 2 heteroatoms. The molecule has 0 spiro atoms. The highest BCUT2D eigenvalue weighted by atomic mass is 32.1. The molecule has 0 aliphatic heterocycles. The van der Waals surface area contributed by atoms with Crippen LogP contribution in [0.4, 0.5) is 17.1 Å². The summed E-state index contributed by atoms with van der Waals surface area (Å²) in [5.41, 5.74) is 14.3. The number of thiophene rings is 1. The predicted molar refractivity (Wildman–Crippen MR) is 294 cm³/mol. The molecule has 1 atom stereocenters. The average Bonchev–Trinajstić information content (AvgIpc) is 3.80. The summed E-state index contributed by atoms with van der Waals surface area (Å²) in [5, 5.41) is 10.2. The topological polar surface area (TPSA) is 3.24 Å². The standard InChI is InChI=1S/C66H45NS/c1-2-16-46(17-3-1)57-39-36-51(63-42-50-19-5-7-26-56(50)59-27-8-9-28-60(59)63)43-64(57)67(53-24-13-23-49(41-53)58-31-15-32-62-61-29-10-11-33-65(61)68-66(58)62)52-37-34-44(35-38-52)47-21-12-22-48(40-47)55-30-14-20-45-18-4-6-25-54(45)55/h1-21,23-43,48H,22H2. The van der Waals surface area contributed by atoms with Crippen LogP contribution in [0, 0.1) is 0 Å². The highest BCUT2D eigenvalue weighted by Crippen LogP contribution is 2.47. The number of hydrogen-bond donors (Lipinski definition) is 0. The van der Waals surface area contributed by atoms with Crippen molar-refractivity contribution in [1.29, 1.82) is 0 Å². The van der Waals surface area contributed by atoms with Crippen molar-refractivity contribution in [3.8, 4) is 33.4 Å². The smallest absolute Gasteiger partial charge is 0.0546 e. The van der Waals surface area contributed by atoms with Crippen molar-refractivity contribution in [3.05, 3.63) is 266 Å². The molecule has 0 fully saturated rings. The molecule has 1 aromatic heterocycles. The Morgan fingerprint density at radius 2 is 1.03 bits per heavy atom. The van der Waals surface area contributed by atoms with E-state index in [4.69, 9.17) is 0 Å². The third-order valence-corrected chi connectivity index (χ3v) is 15.2. The Morgan fingerprint density at radius 3 is 1.90 bits per heavy atom. The molecule has 13 rings (SSSR count). The lowest BCUT2D eigenvalue weighted by molar-refractivity contribution is 0.865. The lowest BCUT2D eigenvalue weighted by Crippen LogP contribution is -2.12. The van der Waals surface area contributed by atoms with Gasteiger partial charge in [0.15, 0.2) is 0 Å². The average molecular weight is 884 g/mol.